The van der Waals surface area contributed by atoms with Crippen molar-refractivity contribution in [3.8, 4) is 6.07 Å². The minimum atomic E-state index is -0.626. The maximum atomic E-state index is 9.39. The van der Waals surface area contributed by atoms with Crippen LogP contribution in [0.1, 0.15) is 38.5 Å². The van der Waals surface area contributed by atoms with Crippen LogP contribution in [0.25, 0.3) is 0 Å². The van der Waals surface area contributed by atoms with Crippen LogP contribution in [0, 0.1) is 17.2 Å². The van der Waals surface area contributed by atoms with E-state index in [0.29, 0.717) is 18.1 Å². The summed E-state index contributed by atoms with van der Waals surface area (Å²) in [6.07, 6.45) is 7.59. The molecule has 0 spiro atoms. The predicted molar refractivity (Wildman–Crippen MR) is 68.8 cm³/mol. The number of hydrogen-bond acceptors (Lipinski definition) is 4. The summed E-state index contributed by atoms with van der Waals surface area (Å²) in [7, 11) is 0. The third-order valence-corrected chi connectivity index (χ3v) is 4.83. The van der Waals surface area contributed by atoms with E-state index in [4.69, 9.17) is 10.5 Å². The summed E-state index contributed by atoms with van der Waals surface area (Å²) in [6.45, 7) is 2.47. The Kier molecular flexibility index (Phi) is 3.31. The van der Waals surface area contributed by atoms with Crippen molar-refractivity contribution in [2.45, 2.75) is 56.2 Å². The van der Waals surface area contributed by atoms with Crippen LogP contribution in [-0.2, 0) is 4.74 Å². The summed E-state index contributed by atoms with van der Waals surface area (Å²) in [5.41, 5.74) is 5.69. The second kappa shape index (κ2) is 4.80. The van der Waals surface area contributed by atoms with Crippen molar-refractivity contribution >= 4 is 0 Å². The summed E-state index contributed by atoms with van der Waals surface area (Å²) >= 11 is 0. The third-order valence-electron chi connectivity index (χ3n) is 4.83. The first-order chi connectivity index (χ1) is 8.73. The fourth-order valence-corrected chi connectivity index (χ4v) is 3.56. The van der Waals surface area contributed by atoms with E-state index in [1.54, 1.807) is 0 Å². The number of fused-ring (bicyclic) bond motifs is 1. The molecular weight excluding hydrogens is 226 g/mol. The zero-order valence-corrected chi connectivity index (χ0v) is 11.0. The Hall–Kier alpha value is -0.630. The zero-order valence-electron chi connectivity index (χ0n) is 11.0. The van der Waals surface area contributed by atoms with Crippen LogP contribution < -0.4 is 5.73 Å². The van der Waals surface area contributed by atoms with Gasteiger partial charge in [0.05, 0.1) is 18.8 Å². The van der Waals surface area contributed by atoms with Crippen LogP contribution >= 0.6 is 0 Å². The van der Waals surface area contributed by atoms with Gasteiger partial charge in [0, 0.05) is 19.1 Å². The molecule has 1 saturated heterocycles. The van der Waals surface area contributed by atoms with Gasteiger partial charge in [-0.1, -0.05) is 12.8 Å². The molecule has 4 nitrogen and oxygen atoms in total. The highest BCUT2D eigenvalue weighted by Gasteiger charge is 2.46. The van der Waals surface area contributed by atoms with Gasteiger partial charge in [0.2, 0.25) is 0 Å². The van der Waals surface area contributed by atoms with E-state index in [1.807, 2.05) is 0 Å². The molecule has 4 heteroatoms. The van der Waals surface area contributed by atoms with Gasteiger partial charge in [0.25, 0.3) is 0 Å². The first kappa shape index (κ1) is 12.4. The Morgan fingerprint density at radius 2 is 2.06 bits per heavy atom. The molecule has 2 aliphatic carbocycles. The van der Waals surface area contributed by atoms with Gasteiger partial charge < -0.3 is 10.5 Å². The van der Waals surface area contributed by atoms with E-state index < -0.39 is 5.54 Å². The van der Waals surface area contributed by atoms with Crippen molar-refractivity contribution in [2.24, 2.45) is 11.7 Å². The molecule has 0 bridgehead atoms. The molecule has 1 heterocycles. The SMILES string of the molecule is N#CC(N)(CN1CCOC2CCCCC21)C1CC1. The van der Waals surface area contributed by atoms with Gasteiger partial charge in [0.15, 0.2) is 0 Å². The molecule has 2 N–H and O–H groups in total. The van der Waals surface area contributed by atoms with Crippen LogP contribution in [-0.4, -0.2) is 42.3 Å². The van der Waals surface area contributed by atoms with Crippen molar-refractivity contribution < 1.29 is 4.74 Å². The van der Waals surface area contributed by atoms with E-state index in [2.05, 4.69) is 11.0 Å². The van der Waals surface area contributed by atoms with Gasteiger partial charge in [-0.15, -0.1) is 0 Å². The maximum absolute atomic E-state index is 9.39. The Labute approximate surface area is 109 Å². The molecular formula is C14H23N3O. The average molecular weight is 249 g/mol. The minimum absolute atomic E-state index is 0.384. The fraction of sp³-hybridized carbons (Fsp3) is 0.929. The van der Waals surface area contributed by atoms with Crippen LogP contribution in [0.5, 0.6) is 0 Å². The summed E-state index contributed by atoms with van der Waals surface area (Å²) in [6, 6.07) is 2.88. The van der Waals surface area contributed by atoms with Crippen LogP contribution in [0.4, 0.5) is 0 Å². The van der Waals surface area contributed by atoms with E-state index in [0.717, 1.165) is 32.5 Å². The zero-order chi connectivity index (χ0) is 12.6. The van der Waals surface area contributed by atoms with Crippen molar-refractivity contribution in [3.63, 3.8) is 0 Å². The Balaban J connectivity index is 1.69. The smallest absolute Gasteiger partial charge is 0.119 e. The molecule has 0 aromatic heterocycles. The van der Waals surface area contributed by atoms with Gasteiger partial charge in [-0.2, -0.15) is 5.26 Å². The fourth-order valence-electron chi connectivity index (χ4n) is 3.56. The summed E-state index contributed by atoms with van der Waals surface area (Å²) < 4.78 is 5.87. The number of hydrogen-bond donors (Lipinski definition) is 1. The number of nitrogens with two attached hydrogens (primary N) is 1. The molecule has 18 heavy (non-hydrogen) atoms. The lowest BCUT2D eigenvalue weighted by molar-refractivity contribution is -0.0921. The Morgan fingerprint density at radius 3 is 2.78 bits per heavy atom. The second-order valence-corrected chi connectivity index (χ2v) is 6.16. The lowest BCUT2D eigenvalue weighted by atomic mass is 9.87. The third kappa shape index (κ3) is 2.27. The number of ether oxygens (including phenoxy) is 1. The highest BCUT2D eigenvalue weighted by atomic mass is 16.5. The van der Waals surface area contributed by atoms with Crippen LogP contribution in [0.2, 0.25) is 0 Å². The lowest BCUT2D eigenvalue weighted by Crippen LogP contribution is -2.59. The monoisotopic (exact) mass is 249 g/mol. The average Bonchev–Trinajstić information content (AvgIpc) is 3.24. The summed E-state index contributed by atoms with van der Waals surface area (Å²) in [4.78, 5) is 2.44. The minimum Gasteiger partial charge on any atom is -0.375 e. The summed E-state index contributed by atoms with van der Waals surface area (Å²) in [5, 5.41) is 9.39. The molecule has 3 fully saturated rings. The number of rotatable bonds is 3. The first-order valence-electron chi connectivity index (χ1n) is 7.29. The molecule has 0 radical (unpaired) electrons. The summed E-state index contributed by atoms with van der Waals surface area (Å²) in [5.74, 6) is 0.424. The van der Waals surface area contributed by atoms with E-state index >= 15 is 0 Å². The molecule has 0 aromatic carbocycles. The molecule has 100 valence electrons. The number of nitriles is 1. The normalized spacial score (nSPS) is 36.4. The van der Waals surface area contributed by atoms with E-state index in [-0.39, 0.29) is 0 Å². The van der Waals surface area contributed by atoms with E-state index in [9.17, 15) is 5.26 Å². The van der Waals surface area contributed by atoms with Gasteiger partial charge in [-0.25, -0.2) is 0 Å². The highest BCUT2D eigenvalue weighted by molar-refractivity contribution is 5.15. The van der Waals surface area contributed by atoms with Crippen molar-refractivity contribution in [1.82, 2.24) is 4.90 Å². The number of morpholine rings is 1. The Morgan fingerprint density at radius 1 is 1.28 bits per heavy atom. The highest BCUT2D eigenvalue weighted by Crippen LogP contribution is 2.39. The first-order valence-corrected chi connectivity index (χ1v) is 7.29. The van der Waals surface area contributed by atoms with Crippen molar-refractivity contribution in [3.05, 3.63) is 0 Å². The molecule has 3 atom stereocenters. The molecule has 3 rings (SSSR count). The molecule has 3 unspecified atom stereocenters. The van der Waals surface area contributed by atoms with E-state index in [1.165, 1.54) is 25.7 Å². The van der Waals surface area contributed by atoms with Crippen LogP contribution in [0.3, 0.4) is 0 Å². The van der Waals surface area contributed by atoms with Crippen molar-refractivity contribution in [1.29, 1.82) is 5.26 Å². The van der Waals surface area contributed by atoms with Gasteiger partial charge >= 0.3 is 0 Å². The molecule has 0 amide bonds. The molecule has 0 aromatic rings. The predicted octanol–water partition coefficient (Wildman–Crippen LogP) is 1.26. The molecule has 2 saturated carbocycles. The van der Waals surface area contributed by atoms with Gasteiger partial charge in [0.1, 0.15) is 5.54 Å². The van der Waals surface area contributed by atoms with Gasteiger partial charge in [-0.3, -0.25) is 4.90 Å². The van der Waals surface area contributed by atoms with Gasteiger partial charge in [-0.05, 0) is 31.6 Å². The molecule has 1 aliphatic heterocycles. The standard InChI is InChI=1S/C14H23N3O/c15-9-14(16,11-5-6-11)10-17-7-8-18-13-4-2-1-3-12(13)17/h11-13H,1-8,10,16H2. The topological polar surface area (TPSA) is 62.3 Å². The maximum Gasteiger partial charge on any atom is 0.119 e. The lowest BCUT2D eigenvalue weighted by Gasteiger charge is -2.45. The van der Waals surface area contributed by atoms with Crippen molar-refractivity contribution in [2.75, 3.05) is 19.7 Å². The number of nitrogens with zero attached hydrogens (tertiary/aromatic N) is 2. The quantitative estimate of drug-likeness (QED) is 0.818. The largest absolute Gasteiger partial charge is 0.375 e. The second-order valence-electron chi connectivity index (χ2n) is 6.16. The van der Waals surface area contributed by atoms with Crippen LogP contribution in [0.15, 0.2) is 0 Å². The Bertz CT molecular complexity index is 347. The molecule has 3 aliphatic rings.